The van der Waals surface area contributed by atoms with Crippen molar-refractivity contribution >= 4 is 47.4 Å². The van der Waals surface area contributed by atoms with E-state index in [0.717, 1.165) is 62.8 Å². The number of primary amides is 1. The highest BCUT2D eigenvalue weighted by atomic mass is 127. The number of aliphatic imine (C=N–C) groups is 1. The first-order chi connectivity index (χ1) is 13.0. The van der Waals surface area contributed by atoms with Gasteiger partial charge in [-0.25, -0.2) is 0 Å². The monoisotopic (exact) mass is 519 g/mol. The Morgan fingerprint density at radius 2 is 2.07 bits per heavy atom. The molecule has 1 aromatic rings. The highest BCUT2D eigenvalue weighted by molar-refractivity contribution is 14.0. The minimum Gasteiger partial charge on any atom is -0.369 e. The van der Waals surface area contributed by atoms with Crippen LogP contribution in [-0.4, -0.2) is 55.5 Å². The van der Waals surface area contributed by atoms with E-state index in [0.29, 0.717) is 12.6 Å². The molecule has 0 spiro atoms. The van der Waals surface area contributed by atoms with Gasteiger partial charge in [0.05, 0.1) is 13.1 Å². The molecule has 2 fully saturated rings. The first kappa shape index (κ1) is 23.2. The van der Waals surface area contributed by atoms with Crippen molar-refractivity contribution in [3.05, 3.63) is 34.9 Å². The van der Waals surface area contributed by atoms with E-state index < -0.39 is 0 Å². The highest BCUT2D eigenvalue weighted by Crippen LogP contribution is 2.48. The van der Waals surface area contributed by atoms with Crippen LogP contribution in [0.5, 0.6) is 0 Å². The van der Waals surface area contributed by atoms with Crippen molar-refractivity contribution in [2.75, 3.05) is 32.7 Å². The molecule has 1 amide bonds. The number of piperidine rings is 1. The number of rotatable bonds is 7. The molecule has 1 saturated heterocycles. The number of nitrogens with two attached hydrogens (primary N) is 1. The van der Waals surface area contributed by atoms with Crippen molar-refractivity contribution in [2.45, 2.75) is 44.1 Å². The zero-order valence-electron chi connectivity index (χ0n) is 16.4. The van der Waals surface area contributed by atoms with Crippen LogP contribution in [0.25, 0.3) is 0 Å². The molecular weight excluding hydrogens is 489 g/mol. The Morgan fingerprint density at radius 1 is 1.36 bits per heavy atom. The van der Waals surface area contributed by atoms with E-state index in [-0.39, 0.29) is 35.3 Å². The molecule has 1 heterocycles. The Labute approximate surface area is 189 Å². The van der Waals surface area contributed by atoms with Gasteiger partial charge in [-0.1, -0.05) is 23.7 Å². The number of carbonyl (C=O) groups excluding carboxylic acids is 1. The summed E-state index contributed by atoms with van der Waals surface area (Å²) in [6, 6.07) is 8.53. The lowest BCUT2D eigenvalue weighted by molar-refractivity contribution is -0.119. The third-order valence-electron chi connectivity index (χ3n) is 5.48. The zero-order chi connectivity index (χ0) is 19.3. The van der Waals surface area contributed by atoms with Crippen LogP contribution in [-0.2, 0) is 10.2 Å². The fraction of sp³-hybridized carbons (Fsp3) is 0.600. The van der Waals surface area contributed by atoms with Gasteiger partial charge < -0.3 is 16.4 Å². The van der Waals surface area contributed by atoms with Crippen LogP contribution >= 0.6 is 35.6 Å². The van der Waals surface area contributed by atoms with Crippen molar-refractivity contribution in [1.82, 2.24) is 15.5 Å². The Balaban J connectivity index is 0.00000280. The summed E-state index contributed by atoms with van der Waals surface area (Å²) < 4.78 is 0. The molecule has 0 radical (unpaired) electrons. The van der Waals surface area contributed by atoms with E-state index in [2.05, 4.69) is 34.6 Å². The summed E-state index contributed by atoms with van der Waals surface area (Å²) in [6.07, 6.45) is 4.28. The van der Waals surface area contributed by atoms with Crippen LogP contribution in [0.1, 0.15) is 38.2 Å². The van der Waals surface area contributed by atoms with Crippen molar-refractivity contribution in [2.24, 2.45) is 10.7 Å². The fourth-order valence-electron chi connectivity index (χ4n) is 3.71. The second-order valence-electron chi connectivity index (χ2n) is 7.65. The standard InChI is InChI=1S/C20H30ClN5O.HI/c1-2-23-19(25-17-6-10-26(11-7-17)13-18(22)27)24-14-20(8-9-20)15-4-3-5-16(21)12-15;/h3-5,12,17H,2,6-11,13-14H2,1H3,(H2,22,27)(H2,23,24,25);1H. The maximum atomic E-state index is 11.1. The number of guanidine groups is 1. The third-order valence-corrected chi connectivity index (χ3v) is 5.72. The van der Waals surface area contributed by atoms with Gasteiger partial charge in [0.25, 0.3) is 0 Å². The predicted octanol–water partition coefficient (Wildman–Crippen LogP) is 2.49. The summed E-state index contributed by atoms with van der Waals surface area (Å²) in [7, 11) is 0. The van der Waals surface area contributed by atoms with E-state index in [1.165, 1.54) is 5.56 Å². The quantitative estimate of drug-likeness (QED) is 0.294. The van der Waals surface area contributed by atoms with Crippen LogP contribution < -0.4 is 16.4 Å². The van der Waals surface area contributed by atoms with E-state index >= 15 is 0 Å². The lowest BCUT2D eigenvalue weighted by Gasteiger charge is -2.32. The summed E-state index contributed by atoms with van der Waals surface area (Å²) >= 11 is 6.17. The van der Waals surface area contributed by atoms with Gasteiger partial charge in [0, 0.05) is 36.1 Å². The van der Waals surface area contributed by atoms with E-state index in [1.54, 1.807) is 0 Å². The first-order valence-corrected chi connectivity index (χ1v) is 10.2. The van der Waals surface area contributed by atoms with Gasteiger partial charge in [0.2, 0.25) is 5.91 Å². The number of amides is 1. The Kier molecular flexibility index (Phi) is 8.82. The smallest absolute Gasteiger partial charge is 0.231 e. The average Bonchev–Trinajstić information content (AvgIpc) is 3.42. The van der Waals surface area contributed by atoms with Crippen LogP contribution in [0.3, 0.4) is 0 Å². The molecule has 1 aliphatic carbocycles. The molecular formula is C20H31ClIN5O. The number of hydrogen-bond donors (Lipinski definition) is 3. The van der Waals surface area contributed by atoms with Crippen LogP contribution in [0.4, 0.5) is 0 Å². The summed E-state index contributed by atoms with van der Waals surface area (Å²) in [6.45, 7) is 5.79. The Morgan fingerprint density at radius 3 is 2.64 bits per heavy atom. The van der Waals surface area contributed by atoms with Gasteiger partial charge in [-0.3, -0.25) is 14.7 Å². The lowest BCUT2D eigenvalue weighted by atomic mass is 9.96. The van der Waals surface area contributed by atoms with Crippen molar-refractivity contribution < 1.29 is 4.79 Å². The second kappa shape index (κ2) is 10.6. The number of benzene rings is 1. The van der Waals surface area contributed by atoms with Gasteiger partial charge in [0.1, 0.15) is 0 Å². The van der Waals surface area contributed by atoms with Crippen LogP contribution in [0.15, 0.2) is 29.3 Å². The first-order valence-electron chi connectivity index (χ1n) is 9.82. The van der Waals surface area contributed by atoms with E-state index in [1.807, 2.05) is 12.1 Å². The molecule has 2 aliphatic rings. The minimum atomic E-state index is -0.257. The maximum Gasteiger partial charge on any atom is 0.231 e. The molecule has 0 aromatic heterocycles. The number of nitrogens with zero attached hydrogens (tertiary/aromatic N) is 2. The molecule has 6 nitrogen and oxygen atoms in total. The molecule has 156 valence electrons. The van der Waals surface area contributed by atoms with Gasteiger partial charge >= 0.3 is 0 Å². The molecule has 28 heavy (non-hydrogen) atoms. The second-order valence-corrected chi connectivity index (χ2v) is 8.08. The number of likely N-dealkylation sites (tertiary alicyclic amines) is 1. The Hall–Kier alpha value is -1.06. The third kappa shape index (κ3) is 6.49. The number of nitrogens with one attached hydrogen (secondary N) is 2. The molecule has 1 aliphatic heterocycles. The van der Waals surface area contributed by atoms with Crippen LogP contribution in [0.2, 0.25) is 5.02 Å². The SMILES string of the molecule is CCNC(=NCC1(c2cccc(Cl)c2)CC1)NC1CCN(CC(N)=O)CC1.I. The van der Waals surface area contributed by atoms with Gasteiger partial charge in [-0.05, 0) is 50.3 Å². The molecule has 0 bridgehead atoms. The largest absolute Gasteiger partial charge is 0.369 e. The molecule has 4 N–H and O–H groups in total. The molecule has 3 rings (SSSR count). The van der Waals surface area contributed by atoms with Gasteiger partial charge in [-0.2, -0.15) is 0 Å². The molecule has 1 aromatic carbocycles. The van der Waals surface area contributed by atoms with E-state index in [4.69, 9.17) is 22.3 Å². The summed E-state index contributed by atoms with van der Waals surface area (Å²) in [5, 5.41) is 7.71. The van der Waals surface area contributed by atoms with Crippen molar-refractivity contribution in [1.29, 1.82) is 0 Å². The number of hydrogen-bond acceptors (Lipinski definition) is 3. The van der Waals surface area contributed by atoms with Crippen LogP contribution in [0, 0.1) is 0 Å². The topological polar surface area (TPSA) is 82.8 Å². The Bertz CT molecular complexity index is 687. The summed E-state index contributed by atoms with van der Waals surface area (Å²) in [5.41, 5.74) is 6.71. The van der Waals surface area contributed by atoms with E-state index in [9.17, 15) is 4.79 Å². The van der Waals surface area contributed by atoms with Gasteiger partial charge in [-0.15, -0.1) is 24.0 Å². The normalized spacial score (nSPS) is 19.6. The fourth-order valence-corrected chi connectivity index (χ4v) is 3.90. The van der Waals surface area contributed by atoms with Crippen molar-refractivity contribution in [3.8, 4) is 0 Å². The number of carbonyl (C=O) groups is 1. The molecule has 1 saturated carbocycles. The highest BCUT2D eigenvalue weighted by Gasteiger charge is 2.44. The predicted molar refractivity (Wildman–Crippen MR) is 126 cm³/mol. The van der Waals surface area contributed by atoms with Gasteiger partial charge in [0.15, 0.2) is 5.96 Å². The van der Waals surface area contributed by atoms with Crippen molar-refractivity contribution in [3.63, 3.8) is 0 Å². The summed E-state index contributed by atoms with van der Waals surface area (Å²) in [5.74, 6) is 0.617. The molecule has 0 atom stereocenters. The lowest BCUT2D eigenvalue weighted by Crippen LogP contribution is -2.50. The zero-order valence-corrected chi connectivity index (χ0v) is 19.5. The maximum absolute atomic E-state index is 11.1. The average molecular weight is 520 g/mol. The minimum absolute atomic E-state index is 0. The molecule has 8 heteroatoms. The molecule has 0 unspecified atom stereocenters. The number of halogens is 2. The summed E-state index contributed by atoms with van der Waals surface area (Å²) in [4.78, 5) is 18.1.